The van der Waals surface area contributed by atoms with Crippen LogP contribution in [-0.4, -0.2) is 11.3 Å². The van der Waals surface area contributed by atoms with Crippen LogP contribution in [0.5, 0.6) is 0 Å². The minimum absolute atomic E-state index is 0.701. The lowest BCUT2D eigenvalue weighted by molar-refractivity contribution is 0.112. The number of aldehydes is 1. The highest BCUT2D eigenvalue weighted by molar-refractivity contribution is 9.10. The van der Waals surface area contributed by atoms with Crippen molar-refractivity contribution in [3.63, 3.8) is 0 Å². The summed E-state index contributed by atoms with van der Waals surface area (Å²) in [7, 11) is 0. The number of aromatic nitrogens is 1. The standard InChI is InChI=1S/C10H8BrNO/c1-6-10(11)8-4-7(5-13)2-3-9(8)12-6/h2-5,12H,1H3. The van der Waals surface area contributed by atoms with Crippen molar-refractivity contribution in [2.24, 2.45) is 0 Å². The lowest BCUT2D eigenvalue weighted by Crippen LogP contribution is -1.77. The van der Waals surface area contributed by atoms with Crippen LogP contribution < -0.4 is 0 Å². The van der Waals surface area contributed by atoms with E-state index in [9.17, 15) is 4.79 Å². The number of rotatable bonds is 1. The fourth-order valence-corrected chi connectivity index (χ4v) is 1.81. The Morgan fingerprint density at radius 2 is 2.23 bits per heavy atom. The summed E-state index contributed by atoms with van der Waals surface area (Å²) in [5.41, 5.74) is 2.83. The summed E-state index contributed by atoms with van der Waals surface area (Å²) >= 11 is 3.47. The molecule has 0 bridgehead atoms. The van der Waals surface area contributed by atoms with E-state index in [-0.39, 0.29) is 0 Å². The number of fused-ring (bicyclic) bond motifs is 1. The molecular weight excluding hydrogens is 230 g/mol. The van der Waals surface area contributed by atoms with Crippen LogP contribution in [0.1, 0.15) is 16.1 Å². The van der Waals surface area contributed by atoms with Crippen molar-refractivity contribution in [3.05, 3.63) is 33.9 Å². The van der Waals surface area contributed by atoms with Crippen LogP contribution in [0.3, 0.4) is 0 Å². The quantitative estimate of drug-likeness (QED) is 0.761. The largest absolute Gasteiger partial charge is 0.358 e. The van der Waals surface area contributed by atoms with Gasteiger partial charge in [0.1, 0.15) is 6.29 Å². The lowest BCUT2D eigenvalue weighted by Gasteiger charge is -1.91. The summed E-state index contributed by atoms with van der Waals surface area (Å²) < 4.78 is 1.03. The fraction of sp³-hybridized carbons (Fsp3) is 0.100. The Hall–Kier alpha value is -1.09. The molecule has 0 radical (unpaired) electrons. The first-order valence-corrected chi connectivity index (χ1v) is 4.74. The summed E-state index contributed by atoms with van der Waals surface area (Å²) in [4.78, 5) is 13.8. The van der Waals surface area contributed by atoms with Gasteiger partial charge in [-0.15, -0.1) is 0 Å². The Morgan fingerprint density at radius 1 is 1.46 bits per heavy atom. The second-order valence-electron chi connectivity index (χ2n) is 2.99. The van der Waals surface area contributed by atoms with Gasteiger partial charge in [0, 0.05) is 26.6 Å². The van der Waals surface area contributed by atoms with E-state index >= 15 is 0 Å². The van der Waals surface area contributed by atoms with E-state index in [0.29, 0.717) is 5.56 Å². The van der Waals surface area contributed by atoms with Crippen molar-refractivity contribution in [3.8, 4) is 0 Å². The van der Waals surface area contributed by atoms with E-state index in [1.807, 2.05) is 19.1 Å². The summed E-state index contributed by atoms with van der Waals surface area (Å²) in [6.45, 7) is 1.99. The second kappa shape index (κ2) is 3.00. The van der Waals surface area contributed by atoms with Crippen molar-refractivity contribution in [2.75, 3.05) is 0 Å². The lowest BCUT2D eigenvalue weighted by atomic mass is 10.2. The van der Waals surface area contributed by atoms with E-state index in [4.69, 9.17) is 0 Å². The molecule has 0 aliphatic rings. The molecule has 0 amide bonds. The number of hydrogen-bond donors (Lipinski definition) is 1. The van der Waals surface area contributed by atoms with E-state index < -0.39 is 0 Å². The van der Waals surface area contributed by atoms with Crippen LogP contribution >= 0.6 is 15.9 Å². The third-order valence-electron chi connectivity index (χ3n) is 2.07. The Bertz CT molecular complexity index is 473. The van der Waals surface area contributed by atoms with Gasteiger partial charge in [0.05, 0.1) is 0 Å². The molecule has 3 heteroatoms. The molecule has 0 unspecified atom stereocenters. The average molecular weight is 238 g/mol. The van der Waals surface area contributed by atoms with Crippen molar-refractivity contribution in [2.45, 2.75) is 6.92 Å². The first-order chi connectivity index (χ1) is 6.22. The highest BCUT2D eigenvalue weighted by Crippen LogP contribution is 2.27. The van der Waals surface area contributed by atoms with Gasteiger partial charge >= 0.3 is 0 Å². The Morgan fingerprint density at radius 3 is 2.92 bits per heavy atom. The number of halogens is 1. The van der Waals surface area contributed by atoms with Gasteiger partial charge in [-0.1, -0.05) is 0 Å². The maximum atomic E-state index is 10.5. The number of benzene rings is 1. The summed E-state index contributed by atoms with van der Waals surface area (Å²) in [5.74, 6) is 0. The Labute approximate surface area is 84.1 Å². The normalized spacial score (nSPS) is 10.6. The van der Waals surface area contributed by atoms with E-state index in [0.717, 1.165) is 27.4 Å². The number of nitrogens with one attached hydrogen (secondary N) is 1. The summed E-state index contributed by atoms with van der Waals surface area (Å²) in [6.07, 6.45) is 0.855. The third-order valence-corrected chi connectivity index (χ3v) is 3.09. The number of H-pyrrole nitrogens is 1. The van der Waals surface area contributed by atoms with Crippen molar-refractivity contribution in [1.82, 2.24) is 4.98 Å². The van der Waals surface area contributed by atoms with Gasteiger partial charge in [0.25, 0.3) is 0 Å². The molecule has 0 saturated carbocycles. The molecular formula is C10H8BrNO. The summed E-state index contributed by atoms with van der Waals surface area (Å²) in [6, 6.07) is 5.59. The molecule has 0 aliphatic carbocycles. The fourth-order valence-electron chi connectivity index (χ4n) is 1.38. The third kappa shape index (κ3) is 1.29. The summed E-state index contributed by atoms with van der Waals surface area (Å²) in [5, 5.41) is 1.06. The van der Waals surface area contributed by atoms with Crippen LogP contribution in [0.4, 0.5) is 0 Å². The first-order valence-electron chi connectivity index (χ1n) is 3.95. The molecule has 0 spiro atoms. The Balaban J connectivity index is 2.81. The van der Waals surface area contributed by atoms with Crippen LogP contribution in [0.15, 0.2) is 22.7 Å². The molecule has 2 rings (SSSR count). The zero-order valence-corrected chi connectivity index (χ0v) is 8.68. The van der Waals surface area contributed by atoms with Gasteiger partial charge in [0.2, 0.25) is 0 Å². The SMILES string of the molecule is Cc1[nH]c2ccc(C=O)cc2c1Br. The number of hydrogen-bond acceptors (Lipinski definition) is 1. The molecule has 1 N–H and O–H groups in total. The van der Waals surface area contributed by atoms with E-state index in [2.05, 4.69) is 20.9 Å². The minimum atomic E-state index is 0.701. The first kappa shape index (κ1) is 8.51. The Kier molecular flexibility index (Phi) is 1.96. The van der Waals surface area contributed by atoms with Gasteiger partial charge in [-0.05, 0) is 41.1 Å². The van der Waals surface area contributed by atoms with E-state index in [1.165, 1.54) is 0 Å². The number of carbonyl (C=O) groups excluding carboxylic acids is 1. The average Bonchev–Trinajstić information content (AvgIpc) is 2.43. The number of aryl methyl sites for hydroxylation is 1. The molecule has 66 valence electrons. The minimum Gasteiger partial charge on any atom is -0.358 e. The zero-order chi connectivity index (χ0) is 9.42. The van der Waals surface area contributed by atoms with Gasteiger partial charge < -0.3 is 4.98 Å². The topological polar surface area (TPSA) is 32.9 Å². The smallest absolute Gasteiger partial charge is 0.150 e. The van der Waals surface area contributed by atoms with Crippen LogP contribution in [0.25, 0.3) is 10.9 Å². The molecule has 1 aromatic carbocycles. The monoisotopic (exact) mass is 237 g/mol. The number of carbonyl (C=O) groups is 1. The molecule has 1 aromatic heterocycles. The molecule has 2 nitrogen and oxygen atoms in total. The van der Waals surface area contributed by atoms with Gasteiger partial charge in [0.15, 0.2) is 0 Å². The van der Waals surface area contributed by atoms with Crippen molar-refractivity contribution < 1.29 is 4.79 Å². The molecule has 2 aromatic rings. The maximum Gasteiger partial charge on any atom is 0.150 e. The molecule has 13 heavy (non-hydrogen) atoms. The van der Waals surface area contributed by atoms with Gasteiger partial charge in [-0.3, -0.25) is 4.79 Å². The predicted octanol–water partition coefficient (Wildman–Crippen LogP) is 3.05. The van der Waals surface area contributed by atoms with Crippen LogP contribution in [0, 0.1) is 6.92 Å². The van der Waals surface area contributed by atoms with E-state index in [1.54, 1.807) is 6.07 Å². The molecule has 1 heterocycles. The molecule has 0 saturated heterocycles. The van der Waals surface area contributed by atoms with Crippen molar-refractivity contribution >= 4 is 33.1 Å². The molecule has 0 aliphatic heterocycles. The number of aromatic amines is 1. The molecule has 0 fully saturated rings. The van der Waals surface area contributed by atoms with Gasteiger partial charge in [-0.2, -0.15) is 0 Å². The highest BCUT2D eigenvalue weighted by Gasteiger charge is 2.05. The second-order valence-corrected chi connectivity index (χ2v) is 3.78. The highest BCUT2D eigenvalue weighted by atomic mass is 79.9. The predicted molar refractivity (Wildman–Crippen MR) is 56.1 cm³/mol. The van der Waals surface area contributed by atoms with Crippen LogP contribution in [0.2, 0.25) is 0 Å². The van der Waals surface area contributed by atoms with Gasteiger partial charge in [-0.25, -0.2) is 0 Å². The van der Waals surface area contributed by atoms with Crippen LogP contribution in [-0.2, 0) is 0 Å². The zero-order valence-electron chi connectivity index (χ0n) is 7.10. The maximum absolute atomic E-state index is 10.5. The molecule has 0 atom stereocenters. The van der Waals surface area contributed by atoms with Crippen molar-refractivity contribution in [1.29, 1.82) is 0 Å².